The van der Waals surface area contributed by atoms with E-state index in [-0.39, 0.29) is 11.9 Å². The maximum absolute atomic E-state index is 13.8. The Balaban J connectivity index is 2.29. The van der Waals surface area contributed by atoms with Crippen molar-refractivity contribution < 1.29 is 9.18 Å². The first-order valence-electron chi connectivity index (χ1n) is 7.02. The van der Waals surface area contributed by atoms with Crippen molar-refractivity contribution in [2.45, 2.75) is 38.6 Å². The third kappa shape index (κ3) is 2.84. The van der Waals surface area contributed by atoms with Crippen molar-refractivity contribution in [2.24, 2.45) is 0 Å². The first-order chi connectivity index (χ1) is 9.54. The number of hydrogen-bond acceptors (Lipinski definition) is 2. The summed E-state index contributed by atoms with van der Waals surface area (Å²) in [7, 11) is 0. The van der Waals surface area contributed by atoms with Crippen molar-refractivity contribution in [1.82, 2.24) is 4.90 Å². The number of nitrogens with zero attached hydrogens (tertiary/aromatic N) is 1. The van der Waals surface area contributed by atoms with Crippen LogP contribution in [0.25, 0.3) is 0 Å². The highest BCUT2D eigenvalue weighted by atomic mass is 19.1. The summed E-state index contributed by atoms with van der Waals surface area (Å²) >= 11 is 0. The molecule has 4 heteroatoms. The monoisotopic (exact) mass is 276 g/mol. The second kappa shape index (κ2) is 6.07. The van der Waals surface area contributed by atoms with Crippen LogP contribution >= 0.6 is 0 Å². The van der Waals surface area contributed by atoms with Gasteiger partial charge >= 0.3 is 0 Å². The molecule has 0 unspecified atom stereocenters. The molecule has 1 aromatic carbocycles. The predicted molar refractivity (Wildman–Crippen MR) is 79.0 cm³/mol. The highest BCUT2D eigenvalue weighted by molar-refractivity contribution is 5.95. The summed E-state index contributed by atoms with van der Waals surface area (Å²) in [4.78, 5) is 14.4. The normalized spacial score (nSPS) is 15.3. The molecule has 1 saturated carbocycles. The molecule has 1 fully saturated rings. The van der Waals surface area contributed by atoms with E-state index in [1.807, 2.05) is 0 Å². The fourth-order valence-corrected chi connectivity index (χ4v) is 2.74. The number of amides is 1. The molecule has 0 atom stereocenters. The molecule has 0 aromatic heterocycles. The van der Waals surface area contributed by atoms with Gasteiger partial charge in [-0.2, -0.15) is 0 Å². The minimum Gasteiger partial charge on any atom is -0.398 e. The van der Waals surface area contributed by atoms with E-state index in [0.717, 1.165) is 25.7 Å². The number of anilines is 1. The Kier molecular flexibility index (Phi) is 4.42. The number of carbonyl (C=O) groups is 1. The molecule has 0 aliphatic heterocycles. The van der Waals surface area contributed by atoms with Gasteiger partial charge in [0.25, 0.3) is 5.91 Å². The number of benzene rings is 1. The Labute approximate surface area is 119 Å². The third-order valence-corrected chi connectivity index (χ3v) is 3.98. The summed E-state index contributed by atoms with van der Waals surface area (Å²) in [5.41, 5.74) is 6.78. The van der Waals surface area contributed by atoms with Gasteiger partial charge in [-0.15, -0.1) is 6.58 Å². The zero-order valence-corrected chi connectivity index (χ0v) is 11.9. The van der Waals surface area contributed by atoms with Gasteiger partial charge in [-0.25, -0.2) is 4.39 Å². The molecule has 1 aliphatic rings. The number of halogens is 1. The van der Waals surface area contributed by atoms with Crippen molar-refractivity contribution in [3.05, 3.63) is 41.7 Å². The third-order valence-electron chi connectivity index (χ3n) is 3.98. The molecule has 0 radical (unpaired) electrons. The van der Waals surface area contributed by atoms with E-state index in [1.165, 1.54) is 6.07 Å². The zero-order chi connectivity index (χ0) is 14.7. The van der Waals surface area contributed by atoms with E-state index in [1.54, 1.807) is 24.0 Å². The van der Waals surface area contributed by atoms with Gasteiger partial charge in [0.2, 0.25) is 0 Å². The summed E-state index contributed by atoms with van der Waals surface area (Å²) in [5.74, 6) is -0.597. The number of carbonyl (C=O) groups excluding carboxylic acids is 1. The largest absolute Gasteiger partial charge is 0.398 e. The van der Waals surface area contributed by atoms with Crippen molar-refractivity contribution in [3.63, 3.8) is 0 Å². The topological polar surface area (TPSA) is 46.3 Å². The van der Waals surface area contributed by atoms with Gasteiger partial charge in [0.1, 0.15) is 5.82 Å². The fourth-order valence-electron chi connectivity index (χ4n) is 2.74. The molecule has 2 N–H and O–H groups in total. The minimum absolute atomic E-state index is 0.164. The highest BCUT2D eigenvalue weighted by Gasteiger charge is 2.27. The van der Waals surface area contributed by atoms with Crippen LogP contribution in [-0.4, -0.2) is 23.4 Å². The molecule has 0 heterocycles. The average Bonchev–Trinajstić information content (AvgIpc) is 2.94. The minimum atomic E-state index is -0.432. The van der Waals surface area contributed by atoms with Crippen molar-refractivity contribution in [3.8, 4) is 0 Å². The first-order valence-corrected chi connectivity index (χ1v) is 7.02. The molecule has 0 bridgehead atoms. The molecular formula is C16H21FN2O. The lowest BCUT2D eigenvalue weighted by molar-refractivity contribution is 0.0706. The summed E-state index contributed by atoms with van der Waals surface area (Å²) in [6.45, 7) is 5.80. The zero-order valence-electron chi connectivity index (χ0n) is 11.9. The predicted octanol–water partition coefficient (Wildman–Crippen LogP) is 3.29. The van der Waals surface area contributed by atoms with Crippen molar-refractivity contribution in [2.75, 3.05) is 12.3 Å². The molecule has 2 rings (SSSR count). The maximum atomic E-state index is 13.8. The average molecular weight is 276 g/mol. The van der Waals surface area contributed by atoms with Gasteiger partial charge in [-0.1, -0.05) is 18.9 Å². The summed E-state index contributed by atoms with van der Waals surface area (Å²) in [6, 6.07) is 3.07. The van der Waals surface area contributed by atoms with E-state index >= 15 is 0 Å². The second-order valence-corrected chi connectivity index (χ2v) is 5.36. The molecule has 1 amide bonds. The Hall–Kier alpha value is -1.84. The van der Waals surface area contributed by atoms with Crippen molar-refractivity contribution >= 4 is 11.6 Å². The van der Waals surface area contributed by atoms with Gasteiger partial charge in [-0.3, -0.25) is 4.79 Å². The van der Waals surface area contributed by atoms with Gasteiger partial charge in [-0.05, 0) is 31.9 Å². The number of nitrogens with two attached hydrogens (primary N) is 1. The van der Waals surface area contributed by atoms with Gasteiger partial charge in [0, 0.05) is 29.4 Å². The highest BCUT2D eigenvalue weighted by Crippen LogP contribution is 2.26. The van der Waals surface area contributed by atoms with Crippen LogP contribution in [0.1, 0.15) is 41.6 Å². The lowest BCUT2D eigenvalue weighted by Crippen LogP contribution is -2.39. The SMILES string of the molecule is C=CCN(C(=O)c1cc(N)c(C)c(F)c1)C1CCCC1. The van der Waals surface area contributed by atoms with Crippen LogP contribution in [0, 0.1) is 12.7 Å². The Morgan fingerprint density at radius 1 is 1.50 bits per heavy atom. The van der Waals surface area contributed by atoms with Crippen LogP contribution in [0.5, 0.6) is 0 Å². The first kappa shape index (κ1) is 14.6. The van der Waals surface area contributed by atoms with Gasteiger partial charge < -0.3 is 10.6 Å². The van der Waals surface area contributed by atoms with Crippen LogP contribution in [0.15, 0.2) is 24.8 Å². The van der Waals surface area contributed by atoms with Crippen LogP contribution in [0.2, 0.25) is 0 Å². The molecule has 0 saturated heterocycles. The Morgan fingerprint density at radius 2 is 2.15 bits per heavy atom. The lowest BCUT2D eigenvalue weighted by Gasteiger charge is -2.28. The summed E-state index contributed by atoms with van der Waals surface area (Å²) < 4.78 is 13.8. The Morgan fingerprint density at radius 3 is 2.70 bits per heavy atom. The summed E-state index contributed by atoms with van der Waals surface area (Å²) in [5, 5.41) is 0. The molecule has 1 aromatic rings. The van der Waals surface area contributed by atoms with E-state index in [4.69, 9.17) is 5.73 Å². The molecular weight excluding hydrogens is 255 g/mol. The van der Waals surface area contributed by atoms with E-state index < -0.39 is 5.82 Å². The molecule has 3 nitrogen and oxygen atoms in total. The van der Waals surface area contributed by atoms with E-state index in [0.29, 0.717) is 23.4 Å². The fraction of sp³-hybridized carbons (Fsp3) is 0.438. The Bertz CT molecular complexity index is 498. The lowest BCUT2D eigenvalue weighted by atomic mass is 10.1. The number of nitrogen functional groups attached to an aromatic ring is 1. The molecule has 20 heavy (non-hydrogen) atoms. The second-order valence-electron chi connectivity index (χ2n) is 5.36. The van der Waals surface area contributed by atoms with Crippen molar-refractivity contribution in [1.29, 1.82) is 0 Å². The molecule has 1 aliphatic carbocycles. The maximum Gasteiger partial charge on any atom is 0.254 e. The molecule has 108 valence electrons. The van der Waals surface area contributed by atoms with Crippen LogP contribution in [-0.2, 0) is 0 Å². The van der Waals surface area contributed by atoms with Crippen LogP contribution in [0.4, 0.5) is 10.1 Å². The quantitative estimate of drug-likeness (QED) is 0.677. The van der Waals surface area contributed by atoms with E-state index in [2.05, 4.69) is 6.58 Å². The smallest absolute Gasteiger partial charge is 0.254 e. The number of hydrogen-bond donors (Lipinski definition) is 1. The van der Waals surface area contributed by atoms with E-state index in [9.17, 15) is 9.18 Å². The van der Waals surface area contributed by atoms with Gasteiger partial charge in [0.15, 0.2) is 0 Å². The standard InChI is InChI=1S/C16H21FN2O/c1-3-8-19(13-6-4-5-7-13)16(20)12-9-14(17)11(2)15(18)10-12/h3,9-10,13H,1,4-8,18H2,2H3. The molecule has 0 spiro atoms. The number of rotatable bonds is 4. The summed E-state index contributed by atoms with van der Waals surface area (Å²) in [6.07, 6.45) is 5.99. The van der Waals surface area contributed by atoms with Gasteiger partial charge in [0.05, 0.1) is 0 Å². The van der Waals surface area contributed by atoms with Crippen LogP contribution < -0.4 is 5.73 Å². The van der Waals surface area contributed by atoms with Crippen LogP contribution in [0.3, 0.4) is 0 Å².